The maximum absolute atomic E-state index is 13.5. The van der Waals surface area contributed by atoms with Crippen molar-refractivity contribution in [1.82, 2.24) is 5.32 Å². The van der Waals surface area contributed by atoms with Gasteiger partial charge in [0, 0.05) is 0 Å². The maximum atomic E-state index is 13.5. The van der Waals surface area contributed by atoms with Crippen LogP contribution in [0.1, 0.15) is 22.7 Å². The molecule has 0 fully saturated rings. The molecule has 0 radical (unpaired) electrons. The summed E-state index contributed by atoms with van der Waals surface area (Å²) in [5.41, 5.74) is -1.27. The van der Waals surface area contributed by atoms with E-state index in [4.69, 9.17) is 9.47 Å². The van der Waals surface area contributed by atoms with Crippen LogP contribution in [0.4, 0.5) is 13.2 Å². The third kappa shape index (κ3) is 4.72. The molecule has 5 nitrogen and oxygen atoms in total. The van der Waals surface area contributed by atoms with Crippen LogP contribution in [0, 0.1) is 0 Å². The van der Waals surface area contributed by atoms with E-state index in [9.17, 15) is 23.1 Å². The number of carbonyl (C=O) groups excluding carboxylic acids is 1. The number of alkyl halides is 3. The Balaban J connectivity index is 2.01. The largest absolute Gasteiger partial charge is 0.497 e. The molecule has 36 heavy (non-hydrogen) atoms. The van der Waals surface area contributed by atoms with Gasteiger partial charge in [0.05, 0.1) is 20.3 Å². The molecule has 0 heterocycles. The minimum atomic E-state index is -5.16. The molecule has 4 aromatic carbocycles. The second-order valence-electron chi connectivity index (χ2n) is 8.20. The van der Waals surface area contributed by atoms with Gasteiger partial charge in [-0.25, -0.2) is 0 Å². The van der Waals surface area contributed by atoms with Crippen molar-refractivity contribution in [2.24, 2.45) is 0 Å². The van der Waals surface area contributed by atoms with Crippen molar-refractivity contribution in [3.63, 3.8) is 0 Å². The Hall–Kier alpha value is -4.04. The highest BCUT2D eigenvalue weighted by atomic mass is 19.4. The molecule has 2 N–H and O–H groups in total. The van der Waals surface area contributed by atoms with Crippen LogP contribution in [-0.4, -0.2) is 31.4 Å². The first-order chi connectivity index (χ1) is 17.2. The van der Waals surface area contributed by atoms with Gasteiger partial charge in [-0.05, 0) is 51.7 Å². The summed E-state index contributed by atoms with van der Waals surface area (Å²) in [6.45, 7) is 0. The van der Waals surface area contributed by atoms with Crippen molar-refractivity contribution in [3.8, 4) is 11.5 Å². The molecule has 1 amide bonds. The van der Waals surface area contributed by atoms with Gasteiger partial charge < -0.3 is 19.9 Å². The van der Waals surface area contributed by atoms with Gasteiger partial charge in [0.2, 0.25) is 0 Å². The topological polar surface area (TPSA) is 67.8 Å². The third-order valence-corrected chi connectivity index (χ3v) is 6.15. The van der Waals surface area contributed by atoms with Gasteiger partial charge in [0.1, 0.15) is 17.1 Å². The van der Waals surface area contributed by atoms with Crippen molar-refractivity contribution in [3.05, 3.63) is 108 Å². The molecule has 0 aliphatic carbocycles. The summed E-state index contributed by atoms with van der Waals surface area (Å²) in [7, 11) is 2.96. The van der Waals surface area contributed by atoms with Crippen molar-refractivity contribution in [1.29, 1.82) is 0 Å². The van der Waals surface area contributed by atoms with Crippen LogP contribution in [0.3, 0.4) is 0 Å². The number of halogens is 3. The van der Waals surface area contributed by atoms with Crippen molar-refractivity contribution < 1.29 is 32.5 Å². The molecule has 0 aliphatic heterocycles. The first-order valence-corrected chi connectivity index (χ1v) is 11.0. The fourth-order valence-electron chi connectivity index (χ4n) is 4.31. The fourth-order valence-corrected chi connectivity index (χ4v) is 4.31. The van der Waals surface area contributed by atoms with E-state index in [1.165, 1.54) is 14.2 Å². The van der Waals surface area contributed by atoms with Gasteiger partial charge in [-0.15, -0.1) is 0 Å². The molecule has 0 spiro atoms. The molecule has 8 heteroatoms. The normalized spacial score (nSPS) is 12.7. The zero-order chi connectivity index (χ0) is 25.9. The lowest BCUT2D eigenvalue weighted by molar-refractivity contribution is -0.176. The van der Waals surface area contributed by atoms with Crippen LogP contribution < -0.4 is 14.8 Å². The Morgan fingerprint density at radius 1 is 0.778 bits per heavy atom. The SMILES string of the molecule is COc1ccc(C(O)(c2ccc(OC)cc2)C(NC(=O)C(F)(F)F)c2cccc3ccccc23)cc1. The summed E-state index contributed by atoms with van der Waals surface area (Å²) in [6, 6.07) is 23.2. The van der Waals surface area contributed by atoms with E-state index < -0.39 is 23.7 Å². The molecule has 1 atom stereocenters. The summed E-state index contributed by atoms with van der Waals surface area (Å²) in [5, 5.41) is 15.8. The average Bonchev–Trinajstić information content (AvgIpc) is 2.90. The lowest BCUT2D eigenvalue weighted by Gasteiger charge is -2.39. The summed E-state index contributed by atoms with van der Waals surface area (Å²) < 4.78 is 50.9. The Morgan fingerprint density at radius 2 is 1.28 bits per heavy atom. The monoisotopic (exact) mass is 495 g/mol. The highest BCUT2D eigenvalue weighted by molar-refractivity contribution is 5.88. The van der Waals surface area contributed by atoms with Crippen LogP contribution in [0.5, 0.6) is 11.5 Å². The van der Waals surface area contributed by atoms with Crippen molar-refractivity contribution >= 4 is 16.7 Å². The Labute approximate surface area is 206 Å². The predicted molar refractivity (Wildman–Crippen MR) is 130 cm³/mol. The number of aliphatic hydroxyl groups is 1. The van der Waals surface area contributed by atoms with Gasteiger partial charge in [0.25, 0.3) is 0 Å². The number of carbonyl (C=O) groups is 1. The molecule has 4 aromatic rings. The van der Waals surface area contributed by atoms with Crippen molar-refractivity contribution in [2.45, 2.75) is 17.8 Å². The second-order valence-corrected chi connectivity index (χ2v) is 8.20. The summed E-state index contributed by atoms with van der Waals surface area (Å²) in [4.78, 5) is 12.3. The third-order valence-electron chi connectivity index (χ3n) is 6.15. The van der Waals surface area contributed by atoms with Gasteiger partial charge in [0.15, 0.2) is 0 Å². The number of nitrogens with one attached hydrogen (secondary N) is 1. The predicted octanol–water partition coefficient (Wildman–Crippen LogP) is 5.51. The minimum absolute atomic E-state index is 0.258. The zero-order valence-corrected chi connectivity index (χ0v) is 19.5. The molecule has 0 saturated heterocycles. The smallest absolute Gasteiger partial charge is 0.471 e. The van der Waals surface area contributed by atoms with Crippen molar-refractivity contribution in [2.75, 3.05) is 14.2 Å². The first kappa shape index (κ1) is 25.1. The van der Waals surface area contributed by atoms with E-state index in [1.807, 2.05) is 0 Å². The maximum Gasteiger partial charge on any atom is 0.471 e. The molecule has 1 unspecified atom stereocenters. The van der Waals surface area contributed by atoms with Gasteiger partial charge in [-0.3, -0.25) is 4.79 Å². The van der Waals surface area contributed by atoms with Gasteiger partial charge in [-0.2, -0.15) is 13.2 Å². The molecule has 0 bridgehead atoms. The lowest BCUT2D eigenvalue weighted by Crippen LogP contribution is -2.48. The molecular weight excluding hydrogens is 471 g/mol. The zero-order valence-electron chi connectivity index (χ0n) is 19.5. The van der Waals surface area contributed by atoms with Gasteiger partial charge >= 0.3 is 12.1 Å². The Bertz CT molecular complexity index is 1300. The highest BCUT2D eigenvalue weighted by Crippen LogP contribution is 2.44. The summed E-state index contributed by atoms with van der Waals surface area (Å²) >= 11 is 0. The Kier molecular flexibility index (Phi) is 6.90. The second kappa shape index (κ2) is 9.91. The first-order valence-electron chi connectivity index (χ1n) is 11.0. The number of hydrogen-bond donors (Lipinski definition) is 2. The Morgan fingerprint density at radius 3 is 1.78 bits per heavy atom. The molecule has 186 valence electrons. The van der Waals surface area contributed by atoms with Crippen LogP contribution in [0.2, 0.25) is 0 Å². The highest BCUT2D eigenvalue weighted by Gasteiger charge is 2.47. The fraction of sp³-hybridized carbons (Fsp3) is 0.179. The number of amides is 1. The number of methoxy groups -OCH3 is 2. The molecule has 0 aromatic heterocycles. The lowest BCUT2D eigenvalue weighted by atomic mass is 9.76. The van der Waals surface area contributed by atoms with E-state index in [1.54, 1.807) is 91.0 Å². The van der Waals surface area contributed by atoms with E-state index in [2.05, 4.69) is 5.32 Å². The number of benzene rings is 4. The van der Waals surface area contributed by atoms with Crippen LogP contribution >= 0.6 is 0 Å². The van der Waals surface area contributed by atoms with E-state index in [-0.39, 0.29) is 11.1 Å². The van der Waals surface area contributed by atoms with Crippen LogP contribution in [-0.2, 0) is 10.4 Å². The molecule has 0 aliphatic rings. The quantitative estimate of drug-likeness (QED) is 0.355. The summed E-state index contributed by atoms with van der Waals surface area (Å²) in [6.07, 6.45) is -5.16. The van der Waals surface area contributed by atoms with Gasteiger partial charge in [-0.1, -0.05) is 66.7 Å². The standard InChI is InChI=1S/C28H24F3NO4/c1-35-21-14-10-19(11-15-21)27(34,20-12-16-22(36-2)17-13-20)25(32-26(33)28(29,30)31)24-9-5-7-18-6-3-4-8-23(18)24/h3-17,25,34H,1-2H3,(H,32,33). The van der Waals surface area contributed by atoms with E-state index in [0.717, 1.165) is 5.39 Å². The van der Waals surface area contributed by atoms with Crippen LogP contribution in [0.25, 0.3) is 10.8 Å². The number of fused-ring (bicyclic) bond motifs is 1. The number of ether oxygens (including phenoxy) is 2. The van der Waals surface area contributed by atoms with E-state index in [0.29, 0.717) is 22.4 Å². The molecule has 0 saturated carbocycles. The number of rotatable bonds is 7. The summed E-state index contributed by atoms with van der Waals surface area (Å²) in [5.74, 6) is -1.17. The van der Waals surface area contributed by atoms with Crippen LogP contribution in [0.15, 0.2) is 91.0 Å². The molecule has 4 rings (SSSR count). The number of hydrogen-bond acceptors (Lipinski definition) is 4. The van der Waals surface area contributed by atoms with E-state index >= 15 is 0 Å². The molecular formula is C28H24F3NO4. The minimum Gasteiger partial charge on any atom is -0.497 e. The average molecular weight is 495 g/mol.